The first kappa shape index (κ1) is 19.6. The van der Waals surface area contributed by atoms with Crippen molar-refractivity contribution in [3.63, 3.8) is 0 Å². The van der Waals surface area contributed by atoms with Gasteiger partial charge in [0.05, 0.1) is 13.7 Å². The van der Waals surface area contributed by atoms with Gasteiger partial charge in [0.1, 0.15) is 0 Å². The molecule has 0 atom stereocenters. The monoisotopic (exact) mass is 386 g/mol. The van der Waals surface area contributed by atoms with Crippen LogP contribution in [0.5, 0.6) is 11.5 Å². The predicted octanol–water partition coefficient (Wildman–Crippen LogP) is 3.82. The number of hydrogen-bond donors (Lipinski definition) is 0. The van der Waals surface area contributed by atoms with E-state index in [1.54, 1.807) is 7.11 Å². The third kappa shape index (κ3) is 4.31. The maximum Gasteiger partial charge on any atom is 0.163 e. The van der Waals surface area contributed by atoms with Gasteiger partial charge in [0, 0.05) is 50.7 Å². The van der Waals surface area contributed by atoms with Crippen LogP contribution in [-0.2, 0) is 4.74 Å². The molecule has 0 radical (unpaired) electrons. The van der Waals surface area contributed by atoms with E-state index >= 15 is 0 Å². The van der Waals surface area contributed by atoms with Crippen molar-refractivity contribution in [2.45, 2.75) is 32.1 Å². The van der Waals surface area contributed by atoms with Gasteiger partial charge in [0.2, 0.25) is 0 Å². The van der Waals surface area contributed by atoms with Crippen molar-refractivity contribution in [3.8, 4) is 11.5 Å². The minimum Gasteiger partial charge on any atom is -0.493 e. The molecule has 0 aliphatic carbocycles. The number of fused-ring (bicyclic) bond motifs is 1. The molecule has 0 unspecified atom stereocenters. The normalized spacial score (nSPS) is 20.8. The molecule has 0 spiro atoms. The van der Waals surface area contributed by atoms with E-state index < -0.39 is 0 Å². The fourth-order valence-electron chi connectivity index (χ4n) is 4.68. The van der Waals surface area contributed by atoms with Crippen LogP contribution < -0.4 is 14.4 Å². The summed E-state index contributed by atoms with van der Waals surface area (Å²) in [6.07, 6.45) is 8.33. The van der Waals surface area contributed by atoms with Gasteiger partial charge in [-0.1, -0.05) is 6.08 Å². The highest BCUT2D eigenvalue weighted by atomic mass is 16.5. The summed E-state index contributed by atoms with van der Waals surface area (Å²) < 4.78 is 17.4. The number of likely N-dealkylation sites (N-methyl/N-ethyl adjacent to an activating group) is 1. The summed E-state index contributed by atoms with van der Waals surface area (Å²) in [5.41, 5.74) is 4.00. The average Bonchev–Trinajstić information content (AvgIpc) is 3.25. The van der Waals surface area contributed by atoms with E-state index in [1.807, 2.05) is 0 Å². The first-order valence-corrected chi connectivity index (χ1v) is 10.8. The lowest BCUT2D eigenvalue weighted by molar-refractivity contribution is 0.0807. The molecule has 0 N–H and O–H groups in total. The van der Waals surface area contributed by atoms with Crippen LogP contribution in [0.25, 0.3) is 5.57 Å². The van der Waals surface area contributed by atoms with Crippen molar-refractivity contribution in [3.05, 3.63) is 23.8 Å². The van der Waals surface area contributed by atoms with E-state index in [-0.39, 0.29) is 0 Å². The Balaban J connectivity index is 1.48. The number of hydrogen-bond acceptors (Lipinski definition) is 5. The zero-order chi connectivity index (χ0) is 19.3. The fraction of sp³-hybridized carbons (Fsp3) is 0.652. The summed E-state index contributed by atoms with van der Waals surface area (Å²) in [6, 6.07) is 4.36. The Morgan fingerprint density at radius 1 is 1.11 bits per heavy atom. The second-order valence-corrected chi connectivity index (χ2v) is 8.20. The number of anilines is 1. The average molecular weight is 387 g/mol. The van der Waals surface area contributed by atoms with E-state index in [0.717, 1.165) is 63.7 Å². The number of nitrogens with zero attached hydrogens (tertiary/aromatic N) is 2. The number of ether oxygens (including phenoxy) is 3. The minimum atomic E-state index is 0.582. The maximum absolute atomic E-state index is 6.17. The Labute approximate surface area is 169 Å². The largest absolute Gasteiger partial charge is 0.493 e. The van der Waals surface area contributed by atoms with Crippen molar-refractivity contribution in [2.75, 3.05) is 65.1 Å². The number of benzene rings is 1. The van der Waals surface area contributed by atoms with Crippen molar-refractivity contribution in [1.82, 2.24) is 4.90 Å². The van der Waals surface area contributed by atoms with Gasteiger partial charge in [-0.15, -0.1) is 0 Å². The summed E-state index contributed by atoms with van der Waals surface area (Å²) in [7, 11) is 3.89. The number of rotatable bonds is 7. The van der Waals surface area contributed by atoms with Crippen molar-refractivity contribution >= 4 is 11.3 Å². The standard InChI is InChI=1S/C23H34N2O3/c1-24-12-6-19(18-7-14-27-15-8-18)20-16-22(26-2)23(17-21(20)24)28-13-5-11-25-9-3-4-10-25/h6,16-18H,3-5,7-15H2,1-2H3. The highest BCUT2D eigenvalue weighted by Gasteiger charge is 2.26. The van der Waals surface area contributed by atoms with Gasteiger partial charge >= 0.3 is 0 Å². The third-order valence-electron chi connectivity index (χ3n) is 6.33. The highest BCUT2D eigenvalue weighted by Crippen LogP contribution is 2.44. The van der Waals surface area contributed by atoms with Crippen molar-refractivity contribution in [2.24, 2.45) is 5.92 Å². The quantitative estimate of drug-likeness (QED) is 0.666. The molecule has 0 bridgehead atoms. The van der Waals surface area contributed by atoms with Crippen LogP contribution in [0.4, 0.5) is 5.69 Å². The molecule has 1 aromatic rings. The minimum absolute atomic E-state index is 0.582. The van der Waals surface area contributed by atoms with Gasteiger partial charge in [0.15, 0.2) is 11.5 Å². The molecule has 1 aromatic carbocycles. The highest BCUT2D eigenvalue weighted by molar-refractivity contribution is 5.83. The number of likely N-dealkylation sites (tertiary alicyclic amines) is 1. The summed E-state index contributed by atoms with van der Waals surface area (Å²) in [5.74, 6) is 2.29. The molecule has 154 valence electrons. The summed E-state index contributed by atoms with van der Waals surface area (Å²) in [5, 5.41) is 0. The first-order valence-electron chi connectivity index (χ1n) is 10.8. The second-order valence-electron chi connectivity index (χ2n) is 8.20. The third-order valence-corrected chi connectivity index (χ3v) is 6.33. The Kier molecular flexibility index (Phi) is 6.43. The molecule has 28 heavy (non-hydrogen) atoms. The molecular weight excluding hydrogens is 352 g/mol. The predicted molar refractivity (Wildman–Crippen MR) is 114 cm³/mol. The number of methoxy groups -OCH3 is 1. The molecule has 2 fully saturated rings. The van der Waals surface area contributed by atoms with Crippen molar-refractivity contribution < 1.29 is 14.2 Å². The fourth-order valence-corrected chi connectivity index (χ4v) is 4.68. The Morgan fingerprint density at radius 2 is 1.89 bits per heavy atom. The van der Waals surface area contributed by atoms with Gasteiger partial charge < -0.3 is 24.0 Å². The summed E-state index contributed by atoms with van der Waals surface area (Å²) in [4.78, 5) is 4.83. The smallest absolute Gasteiger partial charge is 0.163 e. The van der Waals surface area contributed by atoms with Gasteiger partial charge in [0.25, 0.3) is 0 Å². The lowest BCUT2D eigenvalue weighted by Gasteiger charge is -2.33. The zero-order valence-corrected chi connectivity index (χ0v) is 17.4. The van der Waals surface area contributed by atoms with Crippen LogP contribution >= 0.6 is 0 Å². The molecule has 3 aliphatic rings. The Morgan fingerprint density at radius 3 is 2.64 bits per heavy atom. The van der Waals surface area contributed by atoms with Gasteiger partial charge in [-0.05, 0) is 62.8 Å². The van der Waals surface area contributed by atoms with E-state index in [0.29, 0.717) is 5.92 Å². The molecule has 0 amide bonds. The molecule has 2 saturated heterocycles. The van der Waals surface area contributed by atoms with E-state index in [1.165, 1.54) is 42.8 Å². The SMILES string of the molecule is COc1cc2c(cc1OCCCN1CCCC1)N(C)CC=C2C1CCOCC1. The van der Waals surface area contributed by atoms with E-state index in [9.17, 15) is 0 Å². The Hall–Kier alpha value is -1.72. The van der Waals surface area contributed by atoms with Gasteiger partial charge in [-0.3, -0.25) is 0 Å². The van der Waals surface area contributed by atoms with Crippen LogP contribution in [0.15, 0.2) is 18.2 Å². The molecule has 5 heteroatoms. The summed E-state index contributed by atoms with van der Waals surface area (Å²) in [6.45, 7) is 7.02. The molecule has 0 aromatic heterocycles. The molecule has 4 rings (SSSR count). The van der Waals surface area contributed by atoms with E-state index in [4.69, 9.17) is 14.2 Å². The van der Waals surface area contributed by atoms with Crippen molar-refractivity contribution in [1.29, 1.82) is 0 Å². The van der Waals surface area contributed by atoms with Gasteiger partial charge in [-0.2, -0.15) is 0 Å². The lowest BCUT2D eigenvalue weighted by atomic mass is 9.84. The first-order chi connectivity index (χ1) is 13.8. The summed E-state index contributed by atoms with van der Waals surface area (Å²) >= 11 is 0. The maximum atomic E-state index is 6.17. The molecule has 5 nitrogen and oxygen atoms in total. The van der Waals surface area contributed by atoms with Crippen LogP contribution in [0.2, 0.25) is 0 Å². The number of allylic oxidation sites excluding steroid dienone is 1. The zero-order valence-electron chi connectivity index (χ0n) is 17.4. The molecule has 3 aliphatic heterocycles. The van der Waals surface area contributed by atoms with Crippen LogP contribution in [0, 0.1) is 5.92 Å². The second kappa shape index (κ2) is 9.19. The lowest BCUT2D eigenvalue weighted by Crippen LogP contribution is -2.26. The molecule has 0 saturated carbocycles. The van der Waals surface area contributed by atoms with E-state index in [2.05, 4.69) is 35.1 Å². The van der Waals surface area contributed by atoms with Crippen LogP contribution in [0.3, 0.4) is 0 Å². The van der Waals surface area contributed by atoms with Gasteiger partial charge in [-0.25, -0.2) is 0 Å². The van der Waals surface area contributed by atoms with Crippen LogP contribution in [-0.4, -0.2) is 65.1 Å². The molecule has 3 heterocycles. The topological polar surface area (TPSA) is 34.2 Å². The van der Waals surface area contributed by atoms with Crippen LogP contribution in [0.1, 0.15) is 37.7 Å². The molecular formula is C23H34N2O3. The Bertz CT molecular complexity index is 691.